The van der Waals surface area contributed by atoms with E-state index in [0.717, 1.165) is 5.69 Å². The zero-order valence-electron chi connectivity index (χ0n) is 14.3. The number of carbonyl (C=O) groups excluding carboxylic acids is 1. The first kappa shape index (κ1) is 18.3. The molecule has 132 valence electrons. The highest BCUT2D eigenvalue weighted by Crippen LogP contribution is 2.26. The molecule has 0 saturated carbocycles. The number of carboxylic acid groups (broad SMARTS) is 1. The van der Waals surface area contributed by atoms with Gasteiger partial charge < -0.3 is 19.7 Å². The third-order valence-corrected chi connectivity index (χ3v) is 3.54. The summed E-state index contributed by atoms with van der Waals surface area (Å²) >= 11 is 0. The Labute approximate surface area is 146 Å². The fraction of sp³-hybridized carbons (Fsp3) is 0.278. The lowest BCUT2D eigenvalue weighted by atomic mass is 10.1. The van der Waals surface area contributed by atoms with Crippen LogP contribution in [0.4, 0.5) is 5.69 Å². The Morgan fingerprint density at radius 1 is 1.32 bits per heavy atom. The van der Waals surface area contributed by atoms with Gasteiger partial charge in [0.1, 0.15) is 5.69 Å². The van der Waals surface area contributed by atoms with Gasteiger partial charge in [-0.1, -0.05) is 18.2 Å². The molecule has 1 amide bonds. The summed E-state index contributed by atoms with van der Waals surface area (Å²) in [5.74, 6) is -1.47. The van der Waals surface area contributed by atoms with Gasteiger partial charge in [-0.05, 0) is 18.6 Å². The third kappa shape index (κ3) is 4.69. The van der Waals surface area contributed by atoms with Crippen molar-refractivity contribution in [3.63, 3.8) is 0 Å². The topological polar surface area (TPSA) is 95.7 Å². The van der Waals surface area contributed by atoms with Crippen LogP contribution in [-0.4, -0.2) is 36.1 Å². The van der Waals surface area contributed by atoms with E-state index >= 15 is 0 Å². The molecule has 0 radical (unpaired) electrons. The summed E-state index contributed by atoms with van der Waals surface area (Å²) in [5.41, 5.74) is 1.86. The summed E-state index contributed by atoms with van der Waals surface area (Å²) in [6, 6.07) is 7.30. The van der Waals surface area contributed by atoms with Gasteiger partial charge in [0, 0.05) is 31.8 Å². The van der Waals surface area contributed by atoms with Gasteiger partial charge in [-0.25, -0.2) is 9.78 Å². The predicted molar refractivity (Wildman–Crippen MR) is 94.5 cm³/mol. The molecule has 0 atom stereocenters. The van der Waals surface area contributed by atoms with Gasteiger partial charge in [0.15, 0.2) is 0 Å². The van der Waals surface area contributed by atoms with E-state index < -0.39 is 5.97 Å². The van der Waals surface area contributed by atoms with E-state index in [2.05, 4.69) is 16.9 Å². The fourth-order valence-corrected chi connectivity index (χ4v) is 2.19. The van der Waals surface area contributed by atoms with Crippen molar-refractivity contribution >= 4 is 17.6 Å². The van der Waals surface area contributed by atoms with Crippen molar-refractivity contribution in [2.75, 3.05) is 19.0 Å². The number of nitrogens with zero attached hydrogens (tertiary/aromatic N) is 2. The number of hydrogen-bond donors (Lipinski definition) is 2. The first-order valence-electron chi connectivity index (χ1n) is 7.80. The summed E-state index contributed by atoms with van der Waals surface area (Å²) in [6.07, 6.45) is 2.54. The number of rotatable bonds is 8. The van der Waals surface area contributed by atoms with E-state index in [4.69, 9.17) is 4.42 Å². The number of oxazole rings is 1. The molecule has 0 spiro atoms. The van der Waals surface area contributed by atoms with Crippen molar-refractivity contribution in [2.45, 2.75) is 19.4 Å². The summed E-state index contributed by atoms with van der Waals surface area (Å²) in [7, 11) is 3.84. The molecule has 0 bridgehead atoms. The van der Waals surface area contributed by atoms with Crippen LogP contribution in [0.5, 0.6) is 0 Å². The van der Waals surface area contributed by atoms with Crippen LogP contribution in [-0.2, 0) is 11.3 Å². The summed E-state index contributed by atoms with van der Waals surface area (Å²) < 4.78 is 5.31. The van der Waals surface area contributed by atoms with Crippen LogP contribution in [0.15, 0.2) is 41.3 Å². The van der Waals surface area contributed by atoms with Crippen LogP contribution in [0, 0.1) is 0 Å². The Hall–Kier alpha value is -3.09. The summed E-state index contributed by atoms with van der Waals surface area (Å²) in [6.45, 7) is 3.59. The number of carboxylic acids is 1. The first-order valence-corrected chi connectivity index (χ1v) is 7.80. The molecule has 1 heterocycles. The van der Waals surface area contributed by atoms with Gasteiger partial charge in [-0.2, -0.15) is 0 Å². The van der Waals surface area contributed by atoms with Crippen LogP contribution in [0.2, 0.25) is 0 Å². The van der Waals surface area contributed by atoms with Crippen molar-refractivity contribution in [1.82, 2.24) is 10.3 Å². The smallest absolute Gasteiger partial charge is 0.374 e. The number of allylic oxidation sites excluding steroid dienone is 1. The lowest BCUT2D eigenvalue weighted by Gasteiger charge is -2.12. The average Bonchev–Trinajstić information content (AvgIpc) is 3.02. The molecule has 0 aliphatic carbocycles. The van der Waals surface area contributed by atoms with Crippen molar-refractivity contribution in [3.05, 3.63) is 48.6 Å². The number of benzene rings is 1. The summed E-state index contributed by atoms with van der Waals surface area (Å²) in [5, 5.41) is 12.0. The molecule has 0 aliphatic rings. The highest BCUT2D eigenvalue weighted by Gasteiger charge is 2.21. The number of aromatic nitrogens is 1. The van der Waals surface area contributed by atoms with E-state index in [-0.39, 0.29) is 29.8 Å². The maximum absolute atomic E-state index is 11.6. The Bertz CT molecular complexity index is 763. The predicted octanol–water partition coefficient (Wildman–Crippen LogP) is 2.69. The maximum atomic E-state index is 11.6. The van der Waals surface area contributed by atoms with E-state index in [1.54, 1.807) is 18.2 Å². The maximum Gasteiger partial charge on any atom is 0.374 e. The molecule has 2 aromatic rings. The van der Waals surface area contributed by atoms with Gasteiger partial charge >= 0.3 is 5.97 Å². The van der Waals surface area contributed by atoms with Crippen molar-refractivity contribution in [1.29, 1.82) is 0 Å². The van der Waals surface area contributed by atoms with Gasteiger partial charge in [0.05, 0.1) is 6.54 Å². The molecule has 0 aliphatic heterocycles. The second-order valence-corrected chi connectivity index (χ2v) is 5.64. The zero-order chi connectivity index (χ0) is 18.4. The monoisotopic (exact) mass is 343 g/mol. The Kier molecular flexibility index (Phi) is 5.94. The first-order chi connectivity index (χ1) is 11.9. The molecule has 0 saturated heterocycles. The molecule has 7 nitrogen and oxygen atoms in total. The number of aromatic carboxylic acids is 1. The summed E-state index contributed by atoms with van der Waals surface area (Å²) in [4.78, 5) is 29.2. The normalized spacial score (nSPS) is 10.3. The van der Waals surface area contributed by atoms with Gasteiger partial charge in [-0.15, -0.1) is 6.58 Å². The highest BCUT2D eigenvalue weighted by molar-refractivity contribution is 5.92. The van der Waals surface area contributed by atoms with Crippen LogP contribution >= 0.6 is 0 Å². The number of carbonyl (C=O) groups is 2. The van der Waals surface area contributed by atoms with Crippen LogP contribution < -0.4 is 10.2 Å². The molecule has 0 unspecified atom stereocenters. The van der Waals surface area contributed by atoms with E-state index in [9.17, 15) is 14.7 Å². The Morgan fingerprint density at radius 2 is 2.00 bits per heavy atom. The molecular formula is C18H21N3O4. The quantitative estimate of drug-likeness (QED) is 0.716. The van der Waals surface area contributed by atoms with E-state index in [1.165, 1.54) is 0 Å². The standard InChI is InChI=1S/C18H21N3O4/c1-4-5-6-14(22)19-11-15-20-16(17(25-15)18(23)24)12-7-9-13(10-8-12)21(2)3/h4,7-10H,1,5-6,11H2,2-3H3,(H,19,22)(H,23,24). The van der Waals surface area contributed by atoms with Crippen molar-refractivity contribution < 1.29 is 19.1 Å². The fourth-order valence-electron chi connectivity index (χ4n) is 2.19. The van der Waals surface area contributed by atoms with E-state index in [1.807, 2.05) is 31.1 Å². The number of anilines is 1. The molecular weight excluding hydrogens is 322 g/mol. The Morgan fingerprint density at radius 3 is 2.56 bits per heavy atom. The van der Waals surface area contributed by atoms with Crippen molar-refractivity contribution in [2.24, 2.45) is 0 Å². The van der Waals surface area contributed by atoms with Crippen LogP contribution in [0.1, 0.15) is 29.3 Å². The van der Waals surface area contributed by atoms with E-state index in [0.29, 0.717) is 18.4 Å². The van der Waals surface area contributed by atoms with Gasteiger partial charge in [0.2, 0.25) is 17.6 Å². The largest absolute Gasteiger partial charge is 0.475 e. The van der Waals surface area contributed by atoms with Crippen molar-refractivity contribution in [3.8, 4) is 11.3 Å². The minimum absolute atomic E-state index is 0.0338. The molecule has 2 rings (SSSR count). The number of hydrogen-bond acceptors (Lipinski definition) is 5. The second-order valence-electron chi connectivity index (χ2n) is 5.64. The average molecular weight is 343 g/mol. The molecule has 1 aromatic carbocycles. The third-order valence-electron chi connectivity index (χ3n) is 3.54. The number of nitrogens with one attached hydrogen (secondary N) is 1. The minimum atomic E-state index is -1.21. The lowest BCUT2D eigenvalue weighted by Crippen LogP contribution is -2.22. The molecule has 7 heteroatoms. The molecule has 0 fully saturated rings. The van der Waals surface area contributed by atoms with Gasteiger partial charge in [-0.3, -0.25) is 4.79 Å². The van der Waals surface area contributed by atoms with Gasteiger partial charge in [0.25, 0.3) is 0 Å². The van der Waals surface area contributed by atoms with Crippen LogP contribution in [0.3, 0.4) is 0 Å². The molecule has 1 aromatic heterocycles. The second kappa shape index (κ2) is 8.14. The zero-order valence-corrected chi connectivity index (χ0v) is 14.3. The minimum Gasteiger partial charge on any atom is -0.475 e. The Balaban J connectivity index is 2.20. The number of amides is 1. The molecule has 2 N–H and O–H groups in total. The molecule has 25 heavy (non-hydrogen) atoms. The van der Waals surface area contributed by atoms with Crippen LogP contribution in [0.25, 0.3) is 11.3 Å². The highest BCUT2D eigenvalue weighted by atomic mass is 16.4. The SMILES string of the molecule is C=CCCC(=O)NCc1nc(-c2ccc(N(C)C)cc2)c(C(=O)O)o1. The lowest BCUT2D eigenvalue weighted by molar-refractivity contribution is -0.121.